The Morgan fingerprint density at radius 3 is 2.76 bits per heavy atom. The third-order valence-electron chi connectivity index (χ3n) is 4.28. The minimum atomic E-state index is -0.636. The Morgan fingerprint density at radius 2 is 2.16 bits per heavy atom. The van der Waals surface area contributed by atoms with Gasteiger partial charge in [-0.1, -0.05) is 26.0 Å². The van der Waals surface area contributed by atoms with Gasteiger partial charge in [0.2, 0.25) is 0 Å². The zero-order valence-electron chi connectivity index (χ0n) is 15.0. The highest BCUT2D eigenvalue weighted by atomic mass is 16.5. The van der Waals surface area contributed by atoms with Gasteiger partial charge in [-0.3, -0.25) is 4.90 Å². The van der Waals surface area contributed by atoms with E-state index in [1.54, 1.807) is 36.1 Å². The normalized spacial score (nSPS) is 17.4. The maximum atomic E-state index is 12.6. The molecule has 2 amide bonds. The number of urea groups is 1. The highest BCUT2D eigenvalue weighted by molar-refractivity contribution is 5.95. The number of allylic oxidation sites excluding steroid dienone is 1. The summed E-state index contributed by atoms with van der Waals surface area (Å²) >= 11 is 0. The number of hydrogen-bond acceptors (Lipinski definition) is 4. The Kier molecular flexibility index (Phi) is 5.81. The SMILES string of the molecule is COC(=O)C1=C(C)N(CCC(C)C)C(=O)N[C@@H]1c1cccc(C#N)c1. The number of nitriles is 1. The van der Waals surface area contributed by atoms with E-state index >= 15 is 0 Å². The van der Waals surface area contributed by atoms with Gasteiger partial charge in [0, 0.05) is 12.2 Å². The molecule has 0 bridgehead atoms. The van der Waals surface area contributed by atoms with E-state index < -0.39 is 12.0 Å². The standard InChI is InChI=1S/C19H23N3O3/c1-12(2)8-9-22-13(3)16(18(23)25-4)17(21-19(22)24)15-7-5-6-14(10-15)11-20/h5-7,10,12,17H,8-9H2,1-4H3,(H,21,24)/t17-/m1/s1. The van der Waals surface area contributed by atoms with Crippen LogP contribution in [0.3, 0.4) is 0 Å². The fourth-order valence-corrected chi connectivity index (χ4v) is 2.85. The lowest BCUT2D eigenvalue weighted by Gasteiger charge is -2.35. The number of carbonyl (C=O) groups is 2. The number of rotatable bonds is 5. The lowest BCUT2D eigenvalue weighted by Crippen LogP contribution is -2.48. The molecule has 0 saturated carbocycles. The molecule has 6 heteroatoms. The first-order chi connectivity index (χ1) is 11.9. The van der Waals surface area contributed by atoms with E-state index in [2.05, 4.69) is 25.2 Å². The van der Waals surface area contributed by atoms with Gasteiger partial charge in [-0.2, -0.15) is 5.26 Å². The molecule has 1 aliphatic heterocycles. The minimum absolute atomic E-state index is 0.252. The number of ether oxygens (including phenoxy) is 1. The van der Waals surface area contributed by atoms with Crippen molar-refractivity contribution in [3.8, 4) is 6.07 Å². The number of nitrogens with one attached hydrogen (secondary N) is 1. The van der Waals surface area contributed by atoms with Crippen LogP contribution in [0.4, 0.5) is 4.79 Å². The minimum Gasteiger partial charge on any atom is -0.466 e. The number of amides is 2. The first-order valence-corrected chi connectivity index (χ1v) is 8.26. The molecular formula is C19H23N3O3. The third-order valence-corrected chi connectivity index (χ3v) is 4.28. The van der Waals surface area contributed by atoms with Crippen LogP contribution in [-0.4, -0.2) is 30.6 Å². The highest BCUT2D eigenvalue weighted by Gasteiger charge is 2.36. The van der Waals surface area contributed by atoms with E-state index in [4.69, 9.17) is 10.00 Å². The topological polar surface area (TPSA) is 82.4 Å². The molecule has 2 rings (SSSR count). The first kappa shape index (κ1) is 18.5. The van der Waals surface area contributed by atoms with Crippen LogP contribution in [-0.2, 0) is 9.53 Å². The molecular weight excluding hydrogens is 318 g/mol. The number of nitrogens with zero attached hydrogens (tertiary/aromatic N) is 2. The second-order valence-corrected chi connectivity index (χ2v) is 6.44. The Morgan fingerprint density at radius 1 is 1.44 bits per heavy atom. The van der Waals surface area contributed by atoms with Gasteiger partial charge >= 0.3 is 12.0 Å². The van der Waals surface area contributed by atoms with Crippen LogP contribution in [0.25, 0.3) is 0 Å². The number of hydrogen-bond donors (Lipinski definition) is 1. The molecule has 0 radical (unpaired) electrons. The van der Waals surface area contributed by atoms with E-state index in [1.165, 1.54) is 7.11 Å². The highest BCUT2D eigenvalue weighted by Crippen LogP contribution is 2.31. The molecule has 1 aliphatic rings. The predicted octanol–water partition coefficient (Wildman–Crippen LogP) is 3.12. The van der Waals surface area contributed by atoms with Crippen LogP contribution >= 0.6 is 0 Å². The molecule has 0 aromatic heterocycles. The van der Waals surface area contributed by atoms with Crippen LogP contribution in [0.15, 0.2) is 35.5 Å². The monoisotopic (exact) mass is 341 g/mol. The van der Waals surface area contributed by atoms with Gasteiger partial charge in [0.25, 0.3) is 0 Å². The maximum Gasteiger partial charge on any atom is 0.337 e. The van der Waals surface area contributed by atoms with Crippen LogP contribution in [0.5, 0.6) is 0 Å². The Balaban J connectivity index is 2.48. The zero-order valence-corrected chi connectivity index (χ0v) is 15.0. The maximum absolute atomic E-state index is 12.6. The summed E-state index contributed by atoms with van der Waals surface area (Å²) in [6.07, 6.45) is 0.827. The van der Waals surface area contributed by atoms with Gasteiger partial charge in [0.05, 0.1) is 30.4 Å². The lowest BCUT2D eigenvalue weighted by molar-refractivity contribution is -0.136. The average molecular weight is 341 g/mol. The van der Waals surface area contributed by atoms with E-state index in [0.717, 1.165) is 6.42 Å². The molecule has 1 aromatic carbocycles. The summed E-state index contributed by atoms with van der Waals surface area (Å²) in [5.74, 6) is -0.0494. The van der Waals surface area contributed by atoms with Crippen molar-refractivity contribution >= 4 is 12.0 Å². The van der Waals surface area contributed by atoms with Crippen molar-refractivity contribution in [2.45, 2.75) is 33.2 Å². The molecule has 0 saturated heterocycles. The summed E-state index contributed by atoms with van der Waals surface area (Å²) in [4.78, 5) is 26.5. The number of carbonyl (C=O) groups excluding carboxylic acids is 2. The molecule has 1 atom stereocenters. The number of esters is 1. The van der Waals surface area contributed by atoms with Crippen molar-refractivity contribution in [3.63, 3.8) is 0 Å². The van der Waals surface area contributed by atoms with Crippen molar-refractivity contribution in [2.24, 2.45) is 5.92 Å². The molecule has 0 unspecified atom stereocenters. The van der Waals surface area contributed by atoms with Crippen molar-refractivity contribution < 1.29 is 14.3 Å². The summed E-state index contributed by atoms with van der Waals surface area (Å²) in [5.41, 5.74) is 2.12. The van der Waals surface area contributed by atoms with E-state index in [0.29, 0.717) is 34.9 Å². The summed E-state index contributed by atoms with van der Waals surface area (Å²) in [5, 5.41) is 12.0. The van der Waals surface area contributed by atoms with Crippen LogP contribution in [0, 0.1) is 17.2 Å². The molecule has 6 nitrogen and oxygen atoms in total. The summed E-state index contributed by atoms with van der Waals surface area (Å²) in [6, 6.07) is 8.05. The van der Waals surface area contributed by atoms with Crippen molar-refractivity contribution in [2.75, 3.05) is 13.7 Å². The third kappa shape index (κ3) is 4.00. The van der Waals surface area contributed by atoms with Gasteiger partial charge in [0.15, 0.2) is 0 Å². The number of methoxy groups -OCH3 is 1. The van der Waals surface area contributed by atoms with Gasteiger partial charge in [-0.05, 0) is 37.0 Å². The quantitative estimate of drug-likeness (QED) is 0.834. The Hall–Kier alpha value is -2.81. The molecule has 1 heterocycles. The van der Waals surface area contributed by atoms with Gasteiger partial charge in [0.1, 0.15) is 0 Å². The van der Waals surface area contributed by atoms with E-state index in [1.807, 2.05) is 0 Å². The molecule has 25 heavy (non-hydrogen) atoms. The molecule has 132 valence electrons. The smallest absolute Gasteiger partial charge is 0.337 e. The summed E-state index contributed by atoms with van der Waals surface area (Å²) in [7, 11) is 1.32. The van der Waals surface area contributed by atoms with Crippen LogP contribution in [0.2, 0.25) is 0 Å². The molecule has 0 fully saturated rings. The lowest BCUT2D eigenvalue weighted by atomic mass is 9.93. The van der Waals surface area contributed by atoms with Gasteiger partial charge in [-0.25, -0.2) is 9.59 Å². The van der Waals surface area contributed by atoms with Crippen molar-refractivity contribution in [1.29, 1.82) is 5.26 Å². The van der Waals surface area contributed by atoms with Crippen LogP contribution in [0.1, 0.15) is 44.4 Å². The van der Waals surface area contributed by atoms with Crippen molar-refractivity contribution in [1.82, 2.24) is 10.2 Å². The van der Waals surface area contributed by atoms with Gasteiger partial charge < -0.3 is 10.1 Å². The first-order valence-electron chi connectivity index (χ1n) is 8.26. The Labute approximate surface area is 148 Å². The molecule has 1 N–H and O–H groups in total. The largest absolute Gasteiger partial charge is 0.466 e. The van der Waals surface area contributed by atoms with Crippen molar-refractivity contribution in [3.05, 3.63) is 46.7 Å². The molecule has 1 aromatic rings. The second kappa shape index (κ2) is 7.84. The Bertz CT molecular complexity index is 747. The second-order valence-electron chi connectivity index (χ2n) is 6.44. The number of benzene rings is 1. The summed E-state index contributed by atoms with van der Waals surface area (Å²) < 4.78 is 4.94. The average Bonchev–Trinajstić information content (AvgIpc) is 2.60. The fourth-order valence-electron chi connectivity index (χ4n) is 2.85. The fraction of sp³-hybridized carbons (Fsp3) is 0.421. The van der Waals surface area contributed by atoms with E-state index in [9.17, 15) is 9.59 Å². The van der Waals surface area contributed by atoms with E-state index in [-0.39, 0.29) is 6.03 Å². The molecule has 0 spiro atoms. The predicted molar refractivity (Wildman–Crippen MR) is 93.3 cm³/mol. The zero-order chi connectivity index (χ0) is 18.6. The van der Waals surface area contributed by atoms with Crippen LogP contribution < -0.4 is 5.32 Å². The summed E-state index contributed by atoms with van der Waals surface area (Å²) in [6.45, 7) is 6.45. The van der Waals surface area contributed by atoms with Gasteiger partial charge in [-0.15, -0.1) is 0 Å². The molecule has 0 aliphatic carbocycles.